The van der Waals surface area contributed by atoms with Crippen LogP contribution in [-0.2, 0) is 4.74 Å². The first-order valence-electron chi connectivity index (χ1n) is 8.24. The van der Waals surface area contributed by atoms with Crippen LogP contribution in [0.15, 0.2) is 30.6 Å². The Balaban J connectivity index is 1.56. The van der Waals surface area contributed by atoms with Crippen LogP contribution in [0, 0.1) is 0 Å². The van der Waals surface area contributed by atoms with Gasteiger partial charge >= 0.3 is 0 Å². The maximum absolute atomic E-state index is 12.4. The summed E-state index contributed by atoms with van der Waals surface area (Å²) in [5.41, 5.74) is 0.724. The Bertz CT molecular complexity index is 769. The number of nitrogens with one attached hydrogen (secondary N) is 2. The van der Waals surface area contributed by atoms with Gasteiger partial charge in [-0.3, -0.25) is 9.69 Å². The van der Waals surface area contributed by atoms with E-state index in [9.17, 15) is 4.79 Å². The van der Waals surface area contributed by atoms with Gasteiger partial charge in [-0.2, -0.15) is 0 Å². The molecule has 0 spiro atoms. The number of aromatic nitrogens is 2. The molecule has 0 atom stereocenters. The largest absolute Gasteiger partial charge is 0.379 e. The van der Waals surface area contributed by atoms with E-state index in [1.54, 1.807) is 24.3 Å². The highest BCUT2D eigenvalue weighted by Crippen LogP contribution is 2.25. The zero-order valence-electron chi connectivity index (χ0n) is 14.0. The second kappa shape index (κ2) is 9.14. The molecule has 1 saturated heterocycles. The molecule has 26 heavy (non-hydrogen) atoms. The average molecular weight is 396 g/mol. The van der Waals surface area contributed by atoms with Crippen molar-refractivity contribution in [3.05, 3.63) is 46.3 Å². The molecule has 1 amide bonds. The van der Waals surface area contributed by atoms with Crippen LogP contribution in [0.5, 0.6) is 0 Å². The van der Waals surface area contributed by atoms with Crippen LogP contribution in [0.3, 0.4) is 0 Å². The Hall–Kier alpha value is -1.93. The summed E-state index contributed by atoms with van der Waals surface area (Å²) in [5.74, 6) is 0.230. The van der Waals surface area contributed by atoms with E-state index in [2.05, 4.69) is 25.5 Å². The van der Waals surface area contributed by atoms with Crippen LogP contribution in [0.2, 0.25) is 10.0 Å². The maximum atomic E-state index is 12.4. The molecule has 0 radical (unpaired) electrons. The fraction of sp³-hybridized carbons (Fsp3) is 0.353. The third kappa shape index (κ3) is 5.28. The molecule has 0 bridgehead atoms. The van der Waals surface area contributed by atoms with Crippen LogP contribution < -0.4 is 10.6 Å². The summed E-state index contributed by atoms with van der Waals surface area (Å²) in [4.78, 5) is 22.9. The zero-order chi connectivity index (χ0) is 18.4. The highest BCUT2D eigenvalue weighted by molar-refractivity contribution is 6.36. The highest BCUT2D eigenvalue weighted by Gasteiger charge is 2.12. The van der Waals surface area contributed by atoms with E-state index in [4.69, 9.17) is 27.9 Å². The van der Waals surface area contributed by atoms with Crippen LogP contribution >= 0.6 is 23.2 Å². The van der Waals surface area contributed by atoms with Crippen LogP contribution in [0.25, 0.3) is 0 Å². The first kappa shape index (κ1) is 18.8. The third-order valence-corrected chi connectivity index (χ3v) is 4.46. The highest BCUT2D eigenvalue weighted by atomic mass is 35.5. The molecule has 2 aromatic rings. The molecule has 0 saturated carbocycles. The van der Waals surface area contributed by atoms with E-state index in [1.807, 2.05) is 0 Å². The molecule has 1 aliphatic rings. The summed E-state index contributed by atoms with van der Waals surface area (Å²) in [5, 5.41) is 6.80. The summed E-state index contributed by atoms with van der Waals surface area (Å²) >= 11 is 11.9. The predicted molar refractivity (Wildman–Crippen MR) is 102 cm³/mol. The van der Waals surface area contributed by atoms with Crippen molar-refractivity contribution in [2.75, 3.05) is 50.0 Å². The summed E-state index contributed by atoms with van der Waals surface area (Å²) in [7, 11) is 0. The molecule has 0 unspecified atom stereocenters. The molecule has 1 aromatic heterocycles. The molecule has 3 rings (SSSR count). The average Bonchev–Trinajstić information content (AvgIpc) is 2.65. The van der Waals surface area contributed by atoms with Crippen molar-refractivity contribution in [3.63, 3.8) is 0 Å². The minimum absolute atomic E-state index is 0.250. The van der Waals surface area contributed by atoms with Gasteiger partial charge in [0.05, 0.1) is 23.9 Å². The van der Waals surface area contributed by atoms with E-state index in [1.165, 1.54) is 6.33 Å². The van der Waals surface area contributed by atoms with Gasteiger partial charge < -0.3 is 15.4 Å². The van der Waals surface area contributed by atoms with Crippen molar-refractivity contribution in [2.45, 2.75) is 0 Å². The Kier molecular flexibility index (Phi) is 6.62. The molecular weight excluding hydrogens is 377 g/mol. The Morgan fingerprint density at radius 3 is 2.77 bits per heavy atom. The number of anilines is 2. The molecule has 1 aromatic carbocycles. The monoisotopic (exact) mass is 395 g/mol. The van der Waals surface area contributed by atoms with E-state index < -0.39 is 0 Å². The van der Waals surface area contributed by atoms with Crippen molar-refractivity contribution in [2.24, 2.45) is 0 Å². The van der Waals surface area contributed by atoms with E-state index in [-0.39, 0.29) is 11.6 Å². The number of hydrogen-bond acceptors (Lipinski definition) is 6. The van der Waals surface area contributed by atoms with Gasteiger partial charge in [-0.15, -0.1) is 0 Å². The van der Waals surface area contributed by atoms with Gasteiger partial charge in [-0.05, 0) is 18.2 Å². The van der Waals surface area contributed by atoms with E-state index in [0.717, 1.165) is 39.4 Å². The van der Waals surface area contributed by atoms with Gasteiger partial charge in [0.15, 0.2) is 0 Å². The molecule has 1 aliphatic heterocycles. The van der Waals surface area contributed by atoms with Crippen LogP contribution in [0.4, 0.5) is 11.5 Å². The lowest BCUT2D eigenvalue weighted by Crippen LogP contribution is -2.39. The fourth-order valence-electron chi connectivity index (χ4n) is 2.52. The fourth-order valence-corrected chi connectivity index (χ4v) is 2.98. The number of ether oxygens (including phenoxy) is 1. The van der Waals surface area contributed by atoms with E-state index >= 15 is 0 Å². The number of amides is 1. The predicted octanol–water partition coefficient (Wildman–Crippen LogP) is 2.78. The van der Waals surface area contributed by atoms with Gasteiger partial charge in [0.1, 0.15) is 17.8 Å². The number of hydrogen-bond donors (Lipinski definition) is 2. The number of carbonyl (C=O) groups excluding carboxylic acids is 1. The second-order valence-electron chi connectivity index (χ2n) is 5.75. The van der Waals surface area contributed by atoms with Gasteiger partial charge in [0.2, 0.25) is 0 Å². The topological polar surface area (TPSA) is 79.4 Å². The number of benzene rings is 1. The number of carbonyl (C=O) groups is 1. The van der Waals surface area contributed by atoms with Crippen LogP contribution in [-0.4, -0.2) is 60.2 Å². The third-order valence-electron chi connectivity index (χ3n) is 3.92. The Labute approximate surface area is 161 Å². The van der Waals surface area contributed by atoms with Gasteiger partial charge in [-0.1, -0.05) is 23.2 Å². The number of halogens is 2. The zero-order valence-corrected chi connectivity index (χ0v) is 15.6. The second-order valence-corrected chi connectivity index (χ2v) is 6.59. The van der Waals surface area contributed by atoms with E-state index in [0.29, 0.717) is 21.6 Å². The lowest BCUT2D eigenvalue weighted by molar-refractivity contribution is 0.0398. The molecule has 0 aliphatic carbocycles. The quantitative estimate of drug-likeness (QED) is 0.782. The van der Waals surface area contributed by atoms with Crippen molar-refractivity contribution in [1.82, 2.24) is 14.9 Å². The molecule has 138 valence electrons. The number of rotatable bonds is 6. The van der Waals surface area contributed by atoms with Gasteiger partial charge in [0.25, 0.3) is 5.91 Å². The molecule has 2 heterocycles. The minimum atomic E-state index is -0.368. The first-order valence-corrected chi connectivity index (χ1v) is 9.00. The molecule has 1 fully saturated rings. The lowest BCUT2D eigenvalue weighted by atomic mass is 10.3. The number of nitrogens with zero attached hydrogens (tertiary/aromatic N) is 3. The standard InChI is InChI=1S/C17H19Cl2N5O2/c18-12-1-2-14(13(19)9-12)23-17(25)15-10-16(22-11-21-15)20-3-4-24-5-7-26-8-6-24/h1-2,9-11H,3-8H2,(H,23,25)(H,20,21,22). The van der Waals surface area contributed by atoms with Gasteiger partial charge in [0, 0.05) is 37.3 Å². The Morgan fingerprint density at radius 2 is 2.00 bits per heavy atom. The van der Waals surface area contributed by atoms with Crippen molar-refractivity contribution >= 4 is 40.6 Å². The summed E-state index contributed by atoms with van der Waals surface area (Å²) in [6, 6.07) is 6.47. The van der Waals surface area contributed by atoms with Crippen molar-refractivity contribution in [3.8, 4) is 0 Å². The minimum Gasteiger partial charge on any atom is -0.379 e. The summed E-state index contributed by atoms with van der Waals surface area (Å²) < 4.78 is 5.33. The smallest absolute Gasteiger partial charge is 0.274 e. The summed E-state index contributed by atoms with van der Waals surface area (Å²) in [6.45, 7) is 5.01. The lowest BCUT2D eigenvalue weighted by Gasteiger charge is -2.26. The molecule has 9 heteroatoms. The Morgan fingerprint density at radius 1 is 1.19 bits per heavy atom. The SMILES string of the molecule is O=C(Nc1ccc(Cl)cc1Cl)c1cc(NCCN2CCOCC2)ncn1. The first-order chi connectivity index (χ1) is 12.6. The van der Waals surface area contributed by atoms with Crippen molar-refractivity contribution < 1.29 is 9.53 Å². The number of morpholine rings is 1. The maximum Gasteiger partial charge on any atom is 0.274 e. The molecule has 2 N–H and O–H groups in total. The molecule has 7 nitrogen and oxygen atoms in total. The normalized spacial score (nSPS) is 14.8. The van der Waals surface area contributed by atoms with Gasteiger partial charge in [-0.25, -0.2) is 9.97 Å². The van der Waals surface area contributed by atoms with Crippen molar-refractivity contribution in [1.29, 1.82) is 0 Å². The van der Waals surface area contributed by atoms with Crippen LogP contribution in [0.1, 0.15) is 10.5 Å². The summed E-state index contributed by atoms with van der Waals surface area (Å²) in [6.07, 6.45) is 1.36. The molecular formula is C17H19Cl2N5O2.